The van der Waals surface area contributed by atoms with E-state index in [2.05, 4.69) is 17.0 Å². The van der Waals surface area contributed by atoms with Gasteiger partial charge in [0.2, 0.25) is 10.0 Å². The standard InChI is InChI=1S/C15H24N2O3S/c1-11(2)20-13-4-6-14(7-5-13)21(18,19)17-15-10-16-9-8-12(15)3/h4-7,11-12,15-17H,8-10H2,1-3H3. The molecule has 1 fully saturated rings. The SMILES string of the molecule is CC(C)Oc1ccc(S(=O)(=O)NC2CNCCC2C)cc1. The number of hydrogen-bond acceptors (Lipinski definition) is 4. The summed E-state index contributed by atoms with van der Waals surface area (Å²) < 4.78 is 33.1. The first-order valence-corrected chi connectivity index (χ1v) is 8.86. The lowest BCUT2D eigenvalue weighted by molar-refractivity contribution is 0.242. The molecule has 2 unspecified atom stereocenters. The Kier molecular flexibility index (Phi) is 5.24. The van der Waals surface area contributed by atoms with Gasteiger partial charge < -0.3 is 10.1 Å². The molecule has 21 heavy (non-hydrogen) atoms. The van der Waals surface area contributed by atoms with Crippen LogP contribution in [0.3, 0.4) is 0 Å². The second-order valence-electron chi connectivity index (χ2n) is 5.84. The normalized spacial score (nSPS) is 23.2. The van der Waals surface area contributed by atoms with Crippen LogP contribution in [0.25, 0.3) is 0 Å². The molecular weight excluding hydrogens is 288 g/mol. The maximum absolute atomic E-state index is 12.4. The molecule has 1 aliphatic rings. The number of ether oxygens (including phenoxy) is 1. The van der Waals surface area contributed by atoms with E-state index in [1.54, 1.807) is 24.3 Å². The molecule has 2 atom stereocenters. The van der Waals surface area contributed by atoms with E-state index in [1.807, 2.05) is 13.8 Å². The Hall–Kier alpha value is -1.11. The van der Waals surface area contributed by atoms with Crippen LogP contribution in [-0.4, -0.2) is 33.7 Å². The molecule has 0 spiro atoms. The smallest absolute Gasteiger partial charge is 0.240 e. The molecule has 2 rings (SSSR count). The molecule has 0 aliphatic carbocycles. The van der Waals surface area contributed by atoms with Crippen molar-refractivity contribution in [1.29, 1.82) is 0 Å². The van der Waals surface area contributed by atoms with Crippen LogP contribution in [0.1, 0.15) is 27.2 Å². The van der Waals surface area contributed by atoms with Gasteiger partial charge in [-0.1, -0.05) is 6.92 Å². The van der Waals surface area contributed by atoms with E-state index in [0.29, 0.717) is 18.2 Å². The van der Waals surface area contributed by atoms with Crippen LogP contribution in [0.4, 0.5) is 0 Å². The summed E-state index contributed by atoms with van der Waals surface area (Å²) in [5.41, 5.74) is 0. The molecule has 1 aliphatic heterocycles. The van der Waals surface area contributed by atoms with Gasteiger partial charge in [0.25, 0.3) is 0 Å². The Labute approximate surface area is 127 Å². The zero-order chi connectivity index (χ0) is 15.5. The minimum atomic E-state index is -3.48. The second-order valence-corrected chi connectivity index (χ2v) is 7.55. The van der Waals surface area contributed by atoms with Crippen molar-refractivity contribution in [2.24, 2.45) is 5.92 Å². The highest BCUT2D eigenvalue weighted by molar-refractivity contribution is 7.89. The monoisotopic (exact) mass is 312 g/mol. The van der Waals surface area contributed by atoms with Gasteiger partial charge in [0, 0.05) is 12.6 Å². The first-order valence-electron chi connectivity index (χ1n) is 7.38. The van der Waals surface area contributed by atoms with Gasteiger partial charge in [-0.3, -0.25) is 0 Å². The van der Waals surface area contributed by atoms with Crippen molar-refractivity contribution in [3.05, 3.63) is 24.3 Å². The summed E-state index contributed by atoms with van der Waals surface area (Å²) in [6.07, 6.45) is 1.05. The van der Waals surface area contributed by atoms with Crippen LogP contribution in [0, 0.1) is 5.92 Å². The third-order valence-electron chi connectivity index (χ3n) is 3.64. The fraction of sp³-hybridized carbons (Fsp3) is 0.600. The largest absolute Gasteiger partial charge is 0.491 e. The lowest BCUT2D eigenvalue weighted by Crippen LogP contribution is -2.50. The summed E-state index contributed by atoms with van der Waals surface area (Å²) in [6.45, 7) is 7.57. The molecule has 1 aromatic carbocycles. The summed E-state index contributed by atoms with van der Waals surface area (Å²) in [5.74, 6) is 1.02. The van der Waals surface area contributed by atoms with Gasteiger partial charge in [0.05, 0.1) is 11.0 Å². The van der Waals surface area contributed by atoms with Crippen molar-refractivity contribution in [2.45, 2.75) is 44.2 Å². The van der Waals surface area contributed by atoms with Crippen molar-refractivity contribution in [3.63, 3.8) is 0 Å². The average molecular weight is 312 g/mol. The van der Waals surface area contributed by atoms with Gasteiger partial charge in [-0.05, 0) is 57.0 Å². The maximum Gasteiger partial charge on any atom is 0.240 e. The van der Waals surface area contributed by atoms with Gasteiger partial charge in [-0.2, -0.15) is 0 Å². The third kappa shape index (κ3) is 4.43. The number of benzene rings is 1. The Morgan fingerprint density at radius 1 is 1.29 bits per heavy atom. The molecular formula is C15H24N2O3S. The first kappa shape index (κ1) is 16.3. The Balaban J connectivity index is 2.08. The van der Waals surface area contributed by atoms with Crippen LogP contribution in [0.2, 0.25) is 0 Å². The number of hydrogen-bond donors (Lipinski definition) is 2. The van der Waals surface area contributed by atoms with Crippen LogP contribution >= 0.6 is 0 Å². The second kappa shape index (κ2) is 6.77. The molecule has 2 N–H and O–H groups in total. The highest BCUT2D eigenvalue weighted by Crippen LogP contribution is 2.19. The Morgan fingerprint density at radius 3 is 2.52 bits per heavy atom. The van der Waals surface area contributed by atoms with E-state index in [-0.39, 0.29) is 17.0 Å². The molecule has 0 bridgehead atoms. The fourth-order valence-corrected chi connectivity index (χ4v) is 3.73. The molecule has 1 saturated heterocycles. The Morgan fingerprint density at radius 2 is 1.95 bits per heavy atom. The number of rotatable bonds is 5. The van der Waals surface area contributed by atoms with E-state index in [9.17, 15) is 8.42 Å². The van der Waals surface area contributed by atoms with E-state index in [0.717, 1.165) is 13.0 Å². The summed E-state index contributed by atoms with van der Waals surface area (Å²) in [6, 6.07) is 6.49. The van der Waals surface area contributed by atoms with E-state index >= 15 is 0 Å². The average Bonchev–Trinajstić information content (AvgIpc) is 2.41. The van der Waals surface area contributed by atoms with Crippen LogP contribution in [0.15, 0.2) is 29.2 Å². The number of piperidine rings is 1. The highest BCUT2D eigenvalue weighted by Gasteiger charge is 2.26. The van der Waals surface area contributed by atoms with Gasteiger partial charge in [-0.25, -0.2) is 13.1 Å². The summed E-state index contributed by atoms with van der Waals surface area (Å²) in [5, 5.41) is 3.22. The van der Waals surface area contributed by atoms with Gasteiger partial charge in [0.15, 0.2) is 0 Å². The number of sulfonamides is 1. The van der Waals surface area contributed by atoms with Gasteiger partial charge >= 0.3 is 0 Å². The zero-order valence-corrected chi connectivity index (χ0v) is 13.6. The highest BCUT2D eigenvalue weighted by atomic mass is 32.2. The molecule has 1 heterocycles. The molecule has 0 amide bonds. The van der Waals surface area contributed by atoms with Gasteiger partial charge in [-0.15, -0.1) is 0 Å². The molecule has 118 valence electrons. The quantitative estimate of drug-likeness (QED) is 0.869. The van der Waals surface area contributed by atoms with Crippen LogP contribution in [0.5, 0.6) is 5.75 Å². The maximum atomic E-state index is 12.4. The minimum absolute atomic E-state index is 0.0599. The van der Waals surface area contributed by atoms with Crippen LogP contribution < -0.4 is 14.8 Å². The van der Waals surface area contributed by atoms with Crippen LogP contribution in [-0.2, 0) is 10.0 Å². The summed E-state index contributed by atoms with van der Waals surface area (Å²) in [4.78, 5) is 0.274. The molecule has 5 nitrogen and oxygen atoms in total. The molecule has 0 radical (unpaired) electrons. The van der Waals surface area contributed by atoms with E-state index < -0.39 is 10.0 Å². The van der Waals surface area contributed by atoms with Crippen molar-refractivity contribution in [3.8, 4) is 5.75 Å². The lowest BCUT2D eigenvalue weighted by Gasteiger charge is -2.30. The van der Waals surface area contributed by atoms with Gasteiger partial charge in [0.1, 0.15) is 5.75 Å². The first-order chi connectivity index (χ1) is 9.88. The summed E-state index contributed by atoms with van der Waals surface area (Å²) in [7, 11) is -3.48. The topological polar surface area (TPSA) is 67.4 Å². The molecule has 0 saturated carbocycles. The lowest BCUT2D eigenvalue weighted by atomic mass is 9.96. The van der Waals surface area contributed by atoms with Crippen molar-refractivity contribution in [1.82, 2.24) is 10.0 Å². The van der Waals surface area contributed by atoms with E-state index in [4.69, 9.17) is 4.74 Å². The number of nitrogens with one attached hydrogen (secondary N) is 2. The Bertz CT molecular complexity index is 555. The fourth-order valence-electron chi connectivity index (χ4n) is 2.38. The van der Waals surface area contributed by atoms with E-state index in [1.165, 1.54) is 0 Å². The van der Waals surface area contributed by atoms with Crippen molar-refractivity contribution >= 4 is 10.0 Å². The predicted molar refractivity (Wildman–Crippen MR) is 83.0 cm³/mol. The molecule has 1 aromatic rings. The molecule has 6 heteroatoms. The summed E-state index contributed by atoms with van der Waals surface area (Å²) >= 11 is 0. The minimum Gasteiger partial charge on any atom is -0.491 e. The third-order valence-corrected chi connectivity index (χ3v) is 5.15. The zero-order valence-electron chi connectivity index (χ0n) is 12.8. The predicted octanol–water partition coefficient (Wildman–Crippen LogP) is 1.75. The molecule has 0 aromatic heterocycles. The van der Waals surface area contributed by atoms with Crippen molar-refractivity contribution < 1.29 is 13.2 Å². The van der Waals surface area contributed by atoms with Crippen molar-refractivity contribution in [2.75, 3.05) is 13.1 Å².